The maximum absolute atomic E-state index is 13.6. The zero-order valence-electron chi connectivity index (χ0n) is 26.8. The van der Waals surface area contributed by atoms with Gasteiger partial charge in [0.2, 0.25) is 17.4 Å². The highest BCUT2D eigenvalue weighted by Gasteiger charge is 2.49. The van der Waals surface area contributed by atoms with E-state index < -0.39 is 41.5 Å². The minimum Gasteiger partial charge on any atom is -0.481 e. The Labute approximate surface area is 267 Å². The van der Waals surface area contributed by atoms with Gasteiger partial charge in [-0.2, -0.15) is 5.10 Å². The van der Waals surface area contributed by atoms with Crippen molar-refractivity contribution in [2.45, 2.75) is 77.4 Å². The summed E-state index contributed by atoms with van der Waals surface area (Å²) < 4.78 is 18.0. The van der Waals surface area contributed by atoms with E-state index >= 15 is 0 Å². The van der Waals surface area contributed by atoms with Crippen molar-refractivity contribution in [3.63, 3.8) is 0 Å². The Morgan fingerprint density at radius 1 is 0.957 bits per heavy atom. The lowest BCUT2D eigenvalue weighted by molar-refractivity contribution is -0.170. The van der Waals surface area contributed by atoms with E-state index in [0.29, 0.717) is 24.4 Å². The highest BCUT2D eigenvalue weighted by atomic mass is 16.6. The van der Waals surface area contributed by atoms with Crippen LogP contribution in [0.15, 0.2) is 30.3 Å². The van der Waals surface area contributed by atoms with E-state index in [1.165, 1.54) is 20.5 Å². The molecule has 14 nitrogen and oxygen atoms in total. The van der Waals surface area contributed by atoms with Crippen LogP contribution in [0.1, 0.15) is 81.8 Å². The number of carbonyl (C=O) groups excluding carboxylic acids is 4. The second kappa shape index (κ2) is 15.1. The molecular formula is C32H43N5O9. The number of benzene rings is 1. The standard InChI is InChI=1S/C32H43N5O9/c1-5-44-30(42)32(14-7-15-32)46-26-20-25(34-37(26)23-10-8-22(9-11-23)21(3)4)28(40)33-24(12-13-27(38)39)29(41)35-16-18-36(19-17-35)31(43)45-6-2/h8-11,20-21,24H,5-7,12-19H2,1-4H3,(H,33,40)(H,38,39). The van der Waals surface area contributed by atoms with Gasteiger partial charge in [-0.3, -0.25) is 14.4 Å². The van der Waals surface area contributed by atoms with Gasteiger partial charge in [-0.25, -0.2) is 14.3 Å². The van der Waals surface area contributed by atoms with E-state index in [2.05, 4.69) is 24.3 Å². The Balaban J connectivity index is 1.58. The van der Waals surface area contributed by atoms with Crippen LogP contribution in [0.2, 0.25) is 0 Å². The molecule has 14 heteroatoms. The largest absolute Gasteiger partial charge is 0.481 e. The zero-order valence-corrected chi connectivity index (χ0v) is 26.8. The second-order valence-corrected chi connectivity index (χ2v) is 11.7. The summed E-state index contributed by atoms with van der Waals surface area (Å²) in [6.07, 6.45) is 0.687. The van der Waals surface area contributed by atoms with E-state index in [9.17, 15) is 29.1 Å². The topological polar surface area (TPSA) is 170 Å². The number of carboxylic acid groups (broad SMARTS) is 1. The molecule has 3 amide bonds. The van der Waals surface area contributed by atoms with E-state index in [1.54, 1.807) is 13.8 Å². The highest BCUT2D eigenvalue weighted by molar-refractivity contribution is 5.96. The molecule has 2 aliphatic rings. The van der Waals surface area contributed by atoms with E-state index in [-0.39, 0.29) is 63.8 Å². The quantitative estimate of drug-likeness (QED) is 0.310. The summed E-state index contributed by atoms with van der Waals surface area (Å²) in [4.78, 5) is 66.5. The molecule has 1 aliphatic carbocycles. The smallest absolute Gasteiger partial charge is 0.409 e. The molecule has 1 aliphatic heterocycles. The maximum atomic E-state index is 13.6. The minimum atomic E-state index is -1.20. The predicted octanol–water partition coefficient (Wildman–Crippen LogP) is 3.12. The van der Waals surface area contributed by atoms with Gasteiger partial charge in [0, 0.05) is 38.7 Å². The van der Waals surface area contributed by atoms with Crippen molar-refractivity contribution in [1.82, 2.24) is 24.9 Å². The molecule has 4 rings (SSSR count). The number of carboxylic acids is 1. The van der Waals surface area contributed by atoms with Crippen LogP contribution in [0.4, 0.5) is 4.79 Å². The summed E-state index contributed by atoms with van der Waals surface area (Å²) in [5.41, 5.74) is 0.406. The van der Waals surface area contributed by atoms with Gasteiger partial charge in [-0.15, -0.1) is 0 Å². The summed E-state index contributed by atoms with van der Waals surface area (Å²) >= 11 is 0. The first-order valence-corrected chi connectivity index (χ1v) is 15.8. The number of carbonyl (C=O) groups is 5. The van der Waals surface area contributed by atoms with E-state index in [0.717, 1.165) is 12.0 Å². The van der Waals surface area contributed by atoms with Crippen LogP contribution in [0.25, 0.3) is 5.69 Å². The Bertz CT molecular complexity index is 1410. The van der Waals surface area contributed by atoms with Gasteiger partial charge in [-0.1, -0.05) is 26.0 Å². The third-order valence-electron chi connectivity index (χ3n) is 8.19. The molecule has 2 N–H and O–H groups in total. The van der Waals surface area contributed by atoms with Gasteiger partial charge in [0.25, 0.3) is 5.91 Å². The molecule has 0 spiro atoms. The lowest BCUT2D eigenvalue weighted by atomic mass is 9.80. The summed E-state index contributed by atoms with van der Waals surface area (Å²) in [6, 6.07) is 7.81. The first-order chi connectivity index (χ1) is 22.0. The molecule has 1 aromatic carbocycles. The van der Waals surface area contributed by atoms with Crippen LogP contribution in [0, 0.1) is 0 Å². The summed E-state index contributed by atoms with van der Waals surface area (Å²) in [5.74, 6) is -2.34. The molecule has 250 valence electrons. The van der Waals surface area contributed by atoms with Crippen molar-refractivity contribution in [2.24, 2.45) is 0 Å². The molecule has 1 unspecified atom stereocenters. The van der Waals surface area contributed by atoms with Crippen molar-refractivity contribution < 1.29 is 43.3 Å². The first kappa shape index (κ1) is 34.3. The van der Waals surface area contributed by atoms with Crippen molar-refractivity contribution in [3.05, 3.63) is 41.6 Å². The van der Waals surface area contributed by atoms with Gasteiger partial charge in [0.1, 0.15) is 6.04 Å². The molecule has 46 heavy (non-hydrogen) atoms. The van der Waals surface area contributed by atoms with Crippen LogP contribution in [0.5, 0.6) is 5.88 Å². The number of amides is 3. The summed E-state index contributed by atoms with van der Waals surface area (Å²) in [6.45, 7) is 8.88. The monoisotopic (exact) mass is 641 g/mol. The predicted molar refractivity (Wildman–Crippen MR) is 165 cm³/mol. The zero-order chi connectivity index (χ0) is 33.4. The Morgan fingerprint density at radius 2 is 1.59 bits per heavy atom. The number of piperazine rings is 1. The summed E-state index contributed by atoms with van der Waals surface area (Å²) in [5, 5.41) is 16.5. The number of aliphatic carboxylic acids is 1. The lowest BCUT2D eigenvalue weighted by Crippen LogP contribution is -2.56. The van der Waals surface area contributed by atoms with Crippen LogP contribution < -0.4 is 10.1 Å². The SMILES string of the molecule is CCOC(=O)N1CCN(C(=O)C(CCC(=O)O)NC(=O)c2cc(OC3(C(=O)OCC)CCC3)n(-c3ccc(C(C)C)cc3)n2)CC1. The van der Waals surface area contributed by atoms with E-state index in [1.807, 2.05) is 24.3 Å². The maximum Gasteiger partial charge on any atom is 0.409 e. The van der Waals surface area contributed by atoms with Crippen molar-refractivity contribution in [3.8, 4) is 11.6 Å². The van der Waals surface area contributed by atoms with Crippen molar-refractivity contribution in [1.29, 1.82) is 0 Å². The van der Waals surface area contributed by atoms with Gasteiger partial charge in [0.15, 0.2) is 5.69 Å². The number of aromatic nitrogens is 2. The first-order valence-electron chi connectivity index (χ1n) is 15.8. The minimum absolute atomic E-state index is 0.0819. The average molecular weight is 642 g/mol. The van der Waals surface area contributed by atoms with Gasteiger partial charge in [-0.05, 0) is 63.1 Å². The van der Waals surface area contributed by atoms with Crippen LogP contribution in [-0.2, 0) is 23.9 Å². The Kier molecular flexibility index (Phi) is 11.3. The van der Waals surface area contributed by atoms with Gasteiger partial charge < -0.3 is 34.4 Å². The number of rotatable bonds is 13. The normalized spacial score (nSPS) is 16.3. The molecular weight excluding hydrogens is 598 g/mol. The molecule has 0 bridgehead atoms. The number of hydrogen-bond acceptors (Lipinski definition) is 9. The molecule has 0 radical (unpaired) electrons. The number of nitrogens with zero attached hydrogens (tertiary/aromatic N) is 4. The third kappa shape index (κ3) is 7.96. The highest BCUT2D eigenvalue weighted by Crippen LogP contribution is 2.39. The van der Waals surface area contributed by atoms with Gasteiger partial charge in [0.05, 0.1) is 18.9 Å². The number of ether oxygens (including phenoxy) is 3. The molecule has 1 saturated heterocycles. The van der Waals surface area contributed by atoms with Crippen LogP contribution in [-0.4, -0.2) is 106 Å². The Hall–Kier alpha value is -4.62. The van der Waals surface area contributed by atoms with Crippen LogP contribution in [0.3, 0.4) is 0 Å². The van der Waals surface area contributed by atoms with Gasteiger partial charge >= 0.3 is 18.0 Å². The fourth-order valence-electron chi connectivity index (χ4n) is 5.34. The molecule has 1 saturated carbocycles. The third-order valence-corrected chi connectivity index (χ3v) is 8.19. The number of hydrogen-bond donors (Lipinski definition) is 2. The lowest BCUT2D eigenvalue weighted by Gasteiger charge is -2.38. The molecule has 2 aromatic rings. The fraction of sp³-hybridized carbons (Fsp3) is 0.562. The second-order valence-electron chi connectivity index (χ2n) is 11.7. The number of esters is 1. The molecule has 1 aromatic heterocycles. The molecule has 2 heterocycles. The fourth-order valence-corrected chi connectivity index (χ4v) is 5.34. The average Bonchev–Trinajstić information content (AvgIpc) is 3.44. The Morgan fingerprint density at radius 3 is 2.13 bits per heavy atom. The summed E-state index contributed by atoms with van der Waals surface area (Å²) in [7, 11) is 0. The van der Waals surface area contributed by atoms with Crippen LogP contribution >= 0.6 is 0 Å². The van der Waals surface area contributed by atoms with Crippen molar-refractivity contribution in [2.75, 3.05) is 39.4 Å². The molecule has 1 atom stereocenters. The van der Waals surface area contributed by atoms with Crippen molar-refractivity contribution >= 4 is 29.8 Å². The molecule has 2 fully saturated rings. The van der Waals surface area contributed by atoms with E-state index in [4.69, 9.17) is 14.2 Å². The number of nitrogens with one attached hydrogen (secondary N) is 1.